The minimum atomic E-state index is -0.757. The summed E-state index contributed by atoms with van der Waals surface area (Å²) in [5.74, 6) is -1.05. The second-order valence-electron chi connectivity index (χ2n) is 6.49. The van der Waals surface area contributed by atoms with Crippen LogP contribution in [0.1, 0.15) is 45.0 Å². The standard InChI is InChI=1S/C21H26N2O8S/c1-6-13-12(3)32-20(18(13)21(25)30-7-2)22-19(24)14-10-16(29-5)17(31-9-8-28-4)11-15(14)23(26)27/h10-11H,6-9H2,1-5H3,(H,22,24). The van der Waals surface area contributed by atoms with Crippen molar-refractivity contribution in [2.24, 2.45) is 0 Å². The zero-order chi connectivity index (χ0) is 23.8. The Bertz CT molecular complexity index is 1000. The number of methoxy groups -OCH3 is 2. The number of hydrogen-bond donors (Lipinski definition) is 1. The third-order valence-electron chi connectivity index (χ3n) is 4.54. The molecule has 1 amide bonds. The largest absolute Gasteiger partial charge is 0.493 e. The van der Waals surface area contributed by atoms with Crippen LogP contribution in [0.15, 0.2) is 12.1 Å². The van der Waals surface area contributed by atoms with Gasteiger partial charge >= 0.3 is 5.97 Å². The van der Waals surface area contributed by atoms with E-state index in [9.17, 15) is 19.7 Å². The molecule has 0 bridgehead atoms. The lowest BCUT2D eigenvalue weighted by Crippen LogP contribution is -2.17. The number of ether oxygens (including phenoxy) is 4. The van der Waals surface area contributed by atoms with Gasteiger partial charge in [0.15, 0.2) is 11.5 Å². The Hall–Kier alpha value is -3.18. The van der Waals surface area contributed by atoms with Crippen LogP contribution in [0.25, 0.3) is 0 Å². The van der Waals surface area contributed by atoms with Gasteiger partial charge < -0.3 is 24.3 Å². The third-order valence-corrected chi connectivity index (χ3v) is 5.60. The number of nitrogens with one attached hydrogen (secondary N) is 1. The van der Waals surface area contributed by atoms with Gasteiger partial charge in [0.1, 0.15) is 17.2 Å². The summed E-state index contributed by atoms with van der Waals surface area (Å²) in [7, 11) is 2.86. The van der Waals surface area contributed by atoms with E-state index in [1.54, 1.807) is 6.92 Å². The molecule has 10 nitrogen and oxygen atoms in total. The second-order valence-corrected chi connectivity index (χ2v) is 7.71. The van der Waals surface area contributed by atoms with E-state index in [2.05, 4.69) is 5.32 Å². The van der Waals surface area contributed by atoms with Crippen LogP contribution >= 0.6 is 11.3 Å². The maximum absolute atomic E-state index is 13.0. The van der Waals surface area contributed by atoms with Crippen LogP contribution in [0, 0.1) is 17.0 Å². The molecule has 1 N–H and O–H groups in total. The molecule has 0 saturated heterocycles. The van der Waals surface area contributed by atoms with Gasteiger partial charge in [0, 0.05) is 18.1 Å². The minimum absolute atomic E-state index is 0.111. The maximum Gasteiger partial charge on any atom is 0.341 e. The molecule has 2 rings (SSSR count). The van der Waals surface area contributed by atoms with Crippen LogP contribution < -0.4 is 14.8 Å². The van der Waals surface area contributed by atoms with Gasteiger partial charge in [0.2, 0.25) is 0 Å². The summed E-state index contributed by atoms with van der Waals surface area (Å²) >= 11 is 1.21. The predicted octanol–water partition coefficient (Wildman–Crippen LogP) is 3.99. The fourth-order valence-electron chi connectivity index (χ4n) is 3.07. The van der Waals surface area contributed by atoms with E-state index in [1.165, 1.54) is 31.6 Å². The van der Waals surface area contributed by atoms with Crippen molar-refractivity contribution < 1.29 is 33.5 Å². The van der Waals surface area contributed by atoms with Gasteiger partial charge in [-0.3, -0.25) is 14.9 Å². The lowest BCUT2D eigenvalue weighted by atomic mass is 10.1. The molecule has 0 aliphatic carbocycles. The molecule has 0 radical (unpaired) electrons. The number of hydrogen-bond acceptors (Lipinski definition) is 9. The van der Waals surface area contributed by atoms with Crippen molar-refractivity contribution >= 4 is 33.9 Å². The molecule has 0 fully saturated rings. The molecule has 0 aliphatic rings. The van der Waals surface area contributed by atoms with E-state index in [4.69, 9.17) is 18.9 Å². The zero-order valence-corrected chi connectivity index (χ0v) is 19.4. The Balaban J connectivity index is 2.47. The molecular weight excluding hydrogens is 440 g/mol. The van der Waals surface area contributed by atoms with Crippen molar-refractivity contribution in [1.29, 1.82) is 0 Å². The molecule has 0 aliphatic heterocycles. The number of carbonyl (C=O) groups excluding carboxylic acids is 2. The first-order chi connectivity index (χ1) is 15.3. The Morgan fingerprint density at radius 2 is 1.88 bits per heavy atom. The van der Waals surface area contributed by atoms with Crippen molar-refractivity contribution in [3.63, 3.8) is 0 Å². The lowest BCUT2D eigenvalue weighted by molar-refractivity contribution is -0.385. The number of carbonyl (C=O) groups is 2. The average molecular weight is 467 g/mol. The summed E-state index contributed by atoms with van der Waals surface area (Å²) in [6.45, 7) is 6.01. The summed E-state index contributed by atoms with van der Waals surface area (Å²) in [6.07, 6.45) is 0.563. The lowest BCUT2D eigenvalue weighted by Gasteiger charge is -2.13. The molecule has 174 valence electrons. The van der Waals surface area contributed by atoms with Gasteiger partial charge in [-0.15, -0.1) is 11.3 Å². The van der Waals surface area contributed by atoms with Crippen LogP contribution in [0.4, 0.5) is 10.7 Å². The fourth-order valence-corrected chi connectivity index (χ4v) is 4.20. The van der Waals surface area contributed by atoms with Gasteiger partial charge in [0.25, 0.3) is 11.6 Å². The summed E-state index contributed by atoms with van der Waals surface area (Å²) in [5, 5.41) is 14.6. The number of amides is 1. The zero-order valence-electron chi connectivity index (χ0n) is 18.6. The molecule has 0 spiro atoms. The molecule has 2 aromatic rings. The Labute approximate surface area is 189 Å². The second kappa shape index (κ2) is 11.4. The highest BCUT2D eigenvalue weighted by atomic mass is 32.1. The average Bonchev–Trinajstić information content (AvgIpc) is 3.08. The summed E-state index contributed by atoms with van der Waals surface area (Å²) < 4.78 is 20.8. The molecule has 11 heteroatoms. The summed E-state index contributed by atoms with van der Waals surface area (Å²) in [4.78, 5) is 37.4. The monoisotopic (exact) mass is 466 g/mol. The van der Waals surface area contributed by atoms with E-state index in [0.717, 1.165) is 16.5 Å². The van der Waals surface area contributed by atoms with E-state index in [-0.39, 0.29) is 47.4 Å². The molecule has 0 saturated carbocycles. The van der Waals surface area contributed by atoms with Crippen molar-refractivity contribution in [1.82, 2.24) is 0 Å². The first-order valence-electron chi connectivity index (χ1n) is 9.87. The van der Waals surface area contributed by atoms with Crippen molar-refractivity contribution in [3.8, 4) is 11.5 Å². The first-order valence-corrected chi connectivity index (χ1v) is 10.7. The van der Waals surface area contributed by atoms with Gasteiger partial charge in [-0.2, -0.15) is 0 Å². The number of thiophene rings is 1. The normalized spacial score (nSPS) is 10.5. The smallest absolute Gasteiger partial charge is 0.341 e. The Morgan fingerprint density at radius 1 is 1.16 bits per heavy atom. The Morgan fingerprint density at radius 3 is 2.44 bits per heavy atom. The number of esters is 1. The fraction of sp³-hybridized carbons (Fsp3) is 0.429. The molecule has 1 heterocycles. The van der Waals surface area contributed by atoms with Gasteiger partial charge in [-0.1, -0.05) is 6.92 Å². The molecule has 1 aromatic heterocycles. The Kier molecular flexibility index (Phi) is 8.97. The number of nitrogens with zero attached hydrogens (tertiary/aromatic N) is 1. The number of benzene rings is 1. The summed E-state index contributed by atoms with van der Waals surface area (Å²) in [5.41, 5.74) is 0.333. The van der Waals surface area contributed by atoms with Gasteiger partial charge in [0.05, 0.1) is 36.9 Å². The molecular formula is C21H26N2O8S. The van der Waals surface area contributed by atoms with E-state index in [1.807, 2.05) is 13.8 Å². The highest BCUT2D eigenvalue weighted by molar-refractivity contribution is 7.16. The quantitative estimate of drug-likeness (QED) is 0.228. The molecule has 0 unspecified atom stereocenters. The highest BCUT2D eigenvalue weighted by Gasteiger charge is 2.28. The van der Waals surface area contributed by atoms with Crippen LogP contribution in [0.2, 0.25) is 0 Å². The summed E-state index contributed by atoms with van der Waals surface area (Å²) in [6, 6.07) is 2.37. The van der Waals surface area contributed by atoms with Crippen LogP contribution in [0.5, 0.6) is 11.5 Å². The topological polar surface area (TPSA) is 126 Å². The minimum Gasteiger partial charge on any atom is -0.493 e. The van der Waals surface area contributed by atoms with E-state index < -0.39 is 22.5 Å². The SMILES string of the molecule is CCOC(=O)c1c(NC(=O)c2cc(OC)c(OCCOC)cc2[N+](=O)[O-])sc(C)c1CC. The third kappa shape index (κ3) is 5.54. The van der Waals surface area contributed by atoms with Crippen molar-refractivity contribution in [2.45, 2.75) is 27.2 Å². The van der Waals surface area contributed by atoms with E-state index in [0.29, 0.717) is 6.42 Å². The van der Waals surface area contributed by atoms with Crippen molar-refractivity contribution in [3.05, 3.63) is 43.8 Å². The van der Waals surface area contributed by atoms with Crippen LogP contribution in [0.3, 0.4) is 0 Å². The maximum atomic E-state index is 13.0. The van der Waals surface area contributed by atoms with Gasteiger partial charge in [-0.25, -0.2) is 4.79 Å². The first kappa shape index (κ1) is 25.1. The number of nitro benzene ring substituents is 1. The van der Waals surface area contributed by atoms with E-state index >= 15 is 0 Å². The molecule has 1 aromatic carbocycles. The number of nitro groups is 1. The van der Waals surface area contributed by atoms with Crippen LogP contribution in [-0.2, 0) is 15.9 Å². The van der Waals surface area contributed by atoms with Gasteiger partial charge in [-0.05, 0) is 25.8 Å². The number of aryl methyl sites for hydroxylation is 1. The highest BCUT2D eigenvalue weighted by Crippen LogP contribution is 2.37. The van der Waals surface area contributed by atoms with Crippen LogP contribution in [-0.4, -0.2) is 50.8 Å². The van der Waals surface area contributed by atoms with Crippen molar-refractivity contribution in [2.75, 3.05) is 39.4 Å². The molecule has 0 atom stereocenters. The predicted molar refractivity (Wildman–Crippen MR) is 119 cm³/mol. The number of rotatable bonds is 11. The number of anilines is 1. The molecule has 32 heavy (non-hydrogen) atoms.